The summed E-state index contributed by atoms with van der Waals surface area (Å²) in [4.78, 5) is 17.8. The van der Waals surface area contributed by atoms with Gasteiger partial charge in [0.05, 0.1) is 12.4 Å². The molecule has 2 N–H and O–H groups in total. The number of nitrogens with zero attached hydrogens (tertiary/aromatic N) is 1. The lowest BCUT2D eigenvalue weighted by Crippen LogP contribution is -2.32. The van der Waals surface area contributed by atoms with Crippen molar-refractivity contribution in [2.24, 2.45) is 0 Å². The maximum absolute atomic E-state index is 11.0. The van der Waals surface area contributed by atoms with Gasteiger partial charge in [-0.25, -0.2) is 4.98 Å². The zero-order chi connectivity index (χ0) is 8.97. The third-order valence-corrected chi connectivity index (χ3v) is 2.35. The summed E-state index contributed by atoms with van der Waals surface area (Å²) in [5.41, 5.74) is 0.972. The molecule has 0 fully saturated rings. The molecule has 0 radical (unpaired) electrons. The number of nitrogens with one attached hydrogen (secondary N) is 2. The Morgan fingerprint density at radius 2 is 2.67 bits per heavy atom. The summed E-state index contributed by atoms with van der Waals surface area (Å²) in [5.74, 6) is 0. The van der Waals surface area contributed by atoms with Crippen LogP contribution < -0.4 is 5.32 Å². The number of aromatic nitrogens is 2. The Hall–Kier alpha value is -0.430. The summed E-state index contributed by atoms with van der Waals surface area (Å²) in [5, 5.41) is 2.93. The van der Waals surface area contributed by atoms with Gasteiger partial charge in [0.15, 0.2) is 0 Å². The SMILES string of the molecule is CNC(Cc1cnc[nH]1)C(=O)I. The molecule has 1 aromatic rings. The summed E-state index contributed by atoms with van der Waals surface area (Å²) in [7, 11) is 1.78. The van der Waals surface area contributed by atoms with Gasteiger partial charge in [-0.1, -0.05) is 0 Å². The highest BCUT2D eigenvalue weighted by molar-refractivity contribution is 14.1. The predicted octanol–water partition coefficient (Wildman–Crippen LogP) is 0.502. The highest BCUT2D eigenvalue weighted by Crippen LogP contribution is 2.02. The summed E-state index contributed by atoms with van der Waals surface area (Å²) in [6.07, 6.45) is 4.00. The molecule has 1 unspecified atom stereocenters. The largest absolute Gasteiger partial charge is 0.348 e. The third-order valence-electron chi connectivity index (χ3n) is 1.60. The molecular weight excluding hydrogens is 269 g/mol. The fourth-order valence-corrected chi connectivity index (χ4v) is 1.44. The number of rotatable bonds is 4. The highest BCUT2D eigenvalue weighted by Gasteiger charge is 2.13. The number of H-pyrrole nitrogens is 1. The molecule has 66 valence electrons. The van der Waals surface area contributed by atoms with E-state index in [9.17, 15) is 4.79 Å². The number of imidazole rings is 1. The lowest BCUT2D eigenvalue weighted by Gasteiger charge is -2.08. The molecule has 1 heterocycles. The van der Waals surface area contributed by atoms with Crippen LogP contribution in [0.15, 0.2) is 12.5 Å². The number of carbonyl (C=O) groups excluding carboxylic acids is 1. The van der Waals surface area contributed by atoms with E-state index in [1.807, 2.05) is 0 Å². The van der Waals surface area contributed by atoms with Crippen LogP contribution in [0.25, 0.3) is 0 Å². The number of likely N-dealkylation sites (N-methyl/N-ethyl adjacent to an activating group) is 1. The fraction of sp³-hybridized carbons (Fsp3) is 0.429. The monoisotopic (exact) mass is 279 g/mol. The van der Waals surface area contributed by atoms with Gasteiger partial charge in [-0.05, 0) is 7.05 Å². The smallest absolute Gasteiger partial charge is 0.209 e. The van der Waals surface area contributed by atoms with Crippen LogP contribution in [0.2, 0.25) is 0 Å². The number of hydrogen-bond donors (Lipinski definition) is 2. The first-order chi connectivity index (χ1) is 5.74. The molecule has 4 nitrogen and oxygen atoms in total. The van der Waals surface area contributed by atoms with E-state index in [0.717, 1.165) is 5.69 Å². The van der Waals surface area contributed by atoms with Crippen molar-refractivity contribution in [3.63, 3.8) is 0 Å². The maximum Gasteiger partial charge on any atom is 0.209 e. The normalized spacial score (nSPS) is 12.8. The van der Waals surface area contributed by atoms with Crippen LogP contribution in [0.5, 0.6) is 0 Å². The Labute approximate surface area is 84.3 Å². The lowest BCUT2D eigenvalue weighted by molar-refractivity contribution is -0.111. The van der Waals surface area contributed by atoms with E-state index in [0.29, 0.717) is 6.42 Å². The van der Waals surface area contributed by atoms with E-state index in [2.05, 4.69) is 15.3 Å². The molecule has 0 saturated carbocycles. The molecule has 12 heavy (non-hydrogen) atoms. The zero-order valence-corrected chi connectivity index (χ0v) is 8.83. The Balaban J connectivity index is 2.54. The van der Waals surface area contributed by atoms with E-state index in [4.69, 9.17) is 0 Å². The molecule has 0 bridgehead atoms. The minimum atomic E-state index is -0.119. The van der Waals surface area contributed by atoms with E-state index < -0.39 is 0 Å². The van der Waals surface area contributed by atoms with Gasteiger partial charge in [-0.2, -0.15) is 0 Å². The van der Waals surface area contributed by atoms with Crippen molar-refractivity contribution in [1.82, 2.24) is 15.3 Å². The van der Waals surface area contributed by atoms with Crippen molar-refractivity contribution < 1.29 is 4.79 Å². The van der Waals surface area contributed by atoms with E-state index in [1.165, 1.54) is 0 Å². The van der Waals surface area contributed by atoms with Crippen molar-refractivity contribution in [2.45, 2.75) is 12.5 Å². The average Bonchev–Trinajstić information content (AvgIpc) is 2.51. The average molecular weight is 279 g/mol. The predicted molar refractivity (Wildman–Crippen MR) is 54.2 cm³/mol. The molecule has 0 amide bonds. The Kier molecular flexibility index (Phi) is 3.67. The molecule has 0 aromatic carbocycles. The fourth-order valence-electron chi connectivity index (χ4n) is 0.912. The van der Waals surface area contributed by atoms with Crippen LogP contribution in [0.3, 0.4) is 0 Å². The Morgan fingerprint density at radius 3 is 3.08 bits per heavy atom. The second kappa shape index (κ2) is 4.56. The van der Waals surface area contributed by atoms with Crippen LogP contribution in [0.4, 0.5) is 0 Å². The van der Waals surface area contributed by atoms with Gasteiger partial charge in [0, 0.05) is 40.9 Å². The molecule has 5 heteroatoms. The molecular formula is C7H10IN3O. The first kappa shape index (κ1) is 9.66. The minimum absolute atomic E-state index is 0.115. The van der Waals surface area contributed by atoms with Crippen LogP contribution in [-0.2, 0) is 11.2 Å². The van der Waals surface area contributed by atoms with E-state index >= 15 is 0 Å². The highest BCUT2D eigenvalue weighted by atomic mass is 127. The van der Waals surface area contributed by atoms with Crippen LogP contribution in [0.1, 0.15) is 5.69 Å². The zero-order valence-electron chi connectivity index (χ0n) is 6.67. The standard InChI is InChI=1S/C7H10IN3O/c1-9-6(7(8)12)2-5-3-10-4-11-5/h3-4,6,9H,2H2,1H3,(H,10,11). The molecule has 0 aliphatic carbocycles. The lowest BCUT2D eigenvalue weighted by atomic mass is 10.2. The number of hydrogen-bond acceptors (Lipinski definition) is 3. The first-order valence-electron chi connectivity index (χ1n) is 3.58. The third kappa shape index (κ3) is 2.56. The Bertz CT molecular complexity index is 247. The quantitative estimate of drug-likeness (QED) is 0.623. The van der Waals surface area contributed by atoms with Crippen molar-refractivity contribution in [2.75, 3.05) is 7.05 Å². The molecule has 1 atom stereocenters. The summed E-state index contributed by atoms with van der Waals surface area (Å²) in [6, 6.07) is -0.119. The van der Waals surface area contributed by atoms with Gasteiger partial charge in [-0.15, -0.1) is 0 Å². The topological polar surface area (TPSA) is 57.8 Å². The number of carbonyl (C=O) groups is 1. The van der Waals surface area contributed by atoms with Crippen molar-refractivity contribution in [1.29, 1.82) is 0 Å². The molecule has 0 saturated heterocycles. The summed E-state index contributed by atoms with van der Waals surface area (Å²) >= 11 is 1.79. The van der Waals surface area contributed by atoms with Gasteiger partial charge in [0.25, 0.3) is 0 Å². The Morgan fingerprint density at radius 1 is 1.92 bits per heavy atom. The molecule has 1 rings (SSSR count). The molecule has 0 aliphatic rings. The summed E-state index contributed by atoms with van der Waals surface area (Å²) in [6.45, 7) is 0. The second-order valence-corrected chi connectivity index (χ2v) is 3.49. The van der Waals surface area contributed by atoms with Crippen molar-refractivity contribution >= 4 is 26.4 Å². The van der Waals surface area contributed by atoms with Crippen molar-refractivity contribution in [3.05, 3.63) is 18.2 Å². The first-order valence-corrected chi connectivity index (χ1v) is 4.65. The van der Waals surface area contributed by atoms with Crippen molar-refractivity contribution in [3.8, 4) is 0 Å². The molecule has 1 aromatic heterocycles. The van der Waals surface area contributed by atoms with E-state index in [-0.39, 0.29) is 9.83 Å². The van der Waals surface area contributed by atoms with Gasteiger partial charge in [-0.3, -0.25) is 4.79 Å². The van der Waals surface area contributed by atoms with E-state index in [1.54, 1.807) is 42.2 Å². The van der Waals surface area contributed by atoms with Crippen LogP contribution in [0, 0.1) is 0 Å². The van der Waals surface area contributed by atoms with Crippen LogP contribution in [-0.4, -0.2) is 26.8 Å². The maximum atomic E-state index is 11.0. The van der Waals surface area contributed by atoms with Gasteiger partial charge in [0.1, 0.15) is 0 Å². The molecule has 0 aliphatic heterocycles. The van der Waals surface area contributed by atoms with Gasteiger partial charge < -0.3 is 10.3 Å². The van der Waals surface area contributed by atoms with Crippen LogP contribution >= 0.6 is 22.6 Å². The minimum Gasteiger partial charge on any atom is -0.348 e. The molecule has 0 spiro atoms. The number of halogens is 1. The van der Waals surface area contributed by atoms with Gasteiger partial charge in [0.2, 0.25) is 3.79 Å². The summed E-state index contributed by atoms with van der Waals surface area (Å²) < 4.78 is 0.115. The number of aromatic amines is 1. The van der Waals surface area contributed by atoms with Gasteiger partial charge >= 0.3 is 0 Å². The second-order valence-electron chi connectivity index (χ2n) is 2.43.